The molecule has 1 saturated heterocycles. The zero-order valence-corrected chi connectivity index (χ0v) is 47.3. The summed E-state index contributed by atoms with van der Waals surface area (Å²) in [7, 11) is 0. The summed E-state index contributed by atoms with van der Waals surface area (Å²) in [5.74, 6) is -4.44. The summed E-state index contributed by atoms with van der Waals surface area (Å²) >= 11 is 0. The van der Waals surface area contributed by atoms with E-state index < -0.39 is 84.7 Å². The Kier molecular flexibility index (Phi) is 34.9. The fourth-order valence-electron chi connectivity index (χ4n) is 10.2. The molecule has 0 aliphatic carbocycles. The molecular formula is C60H100N6O12. The number of carbonyl (C=O) groups excluding carboxylic acids is 4. The maximum atomic E-state index is 15.0. The number of unbranched alkanes of at least 4 members (excludes halogenated alkanes) is 20. The number of ether oxygens (including phenoxy) is 3. The van der Waals surface area contributed by atoms with E-state index in [2.05, 4.69) is 29.8 Å². The second-order valence-electron chi connectivity index (χ2n) is 21.3. The number of amides is 4. The van der Waals surface area contributed by atoms with Gasteiger partial charge in [0, 0.05) is 6.54 Å². The van der Waals surface area contributed by atoms with Gasteiger partial charge in [-0.3, -0.25) is 19.3 Å². The second-order valence-corrected chi connectivity index (χ2v) is 21.3. The lowest BCUT2D eigenvalue weighted by Crippen LogP contribution is -2.77. The van der Waals surface area contributed by atoms with Crippen LogP contribution in [0, 0.1) is 5.92 Å². The summed E-state index contributed by atoms with van der Waals surface area (Å²) in [6, 6.07) is 14.0. The monoisotopic (exact) mass is 1100 g/mol. The van der Waals surface area contributed by atoms with Gasteiger partial charge in [0.1, 0.15) is 37.5 Å². The first-order chi connectivity index (χ1) is 37.9. The number of rotatable bonds is 43. The van der Waals surface area contributed by atoms with Crippen molar-refractivity contribution in [1.82, 2.24) is 20.9 Å². The average molecular weight is 1100 g/mol. The van der Waals surface area contributed by atoms with Crippen molar-refractivity contribution in [1.29, 1.82) is 0 Å². The van der Waals surface area contributed by atoms with Crippen LogP contribution < -0.4 is 27.4 Å². The SMILES string of the molecule is CCCCCCCCCCCCCCN(C(=O)OCc1ccccc1)[C@@H](CCCCN)C(=O)N[C@]1(CO)O[C@@H](C(CCCCCCCCCC)C(=O)O)[C@H](NC(=O)[C@H](CCCCN)NC(=O)OCc2ccccc2)[C@@H](O)[C@@H]1O. The molecule has 1 heterocycles. The van der Waals surface area contributed by atoms with E-state index in [1.807, 2.05) is 36.4 Å². The molecule has 8 atom stereocenters. The first-order valence-corrected chi connectivity index (χ1v) is 29.7. The molecule has 4 amide bonds. The van der Waals surface area contributed by atoms with Crippen LogP contribution in [0.15, 0.2) is 60.7 Å². The molecule has 0 saturated carbocycles. The van der Waals surface area contributed by atoms with Gasteiger partial charge in [0.2, 0.25) is 11.8 Å². The Balaban J connectivity index is 1.97. The van der Waals surface area contributed by atoms with E-state index in [-0.39, 0.29) is 39.0 Å². The molecule has 2 aromatic carbocycles. The van der Waals surface area contributed by atoms with Crippen LogP contribution >= 0.6 is 0 Å². The van der Waals surface area contributed by atoms with Crippen molar-refractivity contribution in [3.05, 3.63) is 71.8 Å². The number of nitrogens with two attached hydrogens (primary N) is 2. The summed E-state index contributed by atoms with van der Waals surface area (Å²) in [6.45, 7) is 3.83. The molecule has 18 nitrogen and oxygen atoms in total. The van der Waals surface area contributed by atoms with E-state index in [9.17, 15) is 39.6 Å². The van der Waals surface area contributed by atoms with Gasteiger partial charge in [-0.2, -0.15) is 0 Å². The quantitative estimate of drug-likeness (QED) is 0.0281. The van der Waals surface area contributed by atoms with Crippen molar-refractivity contribution in [3.8, 4) is 0 Å². The summed E-state index contributed by atoms with van der Waals surface area (Å²) in [6.07, 6.45) is 14.9. The van der Waals surface area contributed by atoms with Crippen LogP contribution in [0.3, 0.4) is 0 Å². The standard InChI is InChI=1S/C60H100N6O12/c1-3-5-7-9-11-13-14-15-16-18-20-32-42-66(59(75)77-44-47-35-25-22-26-36-47)50(39-29-31-41-62)56(71)65-60(45-67)54(69)52(68)51(53(78-60)48(57(72)73)37-27-19-17-12-10-8-6-4-2)64-55(70)49(38-28-30-40-61)63-58(74)76-43-46-33-23-21-24-34-46/h21-26,33-36,48-54,67-69H,3-20,27-32,37-45,61-62H2,1-2H3,(H,63,74)(H,64,70)(H,65,71)(H,72,73)/t48?,49-,50-,51+,52+,53-,54-,60+/m0/s1. The summed E-state index contributed by atoms with van der Waals surface area (Å²) in [4.78, 5) is 71.6. The third-order valence-electron chi connectivity index (χ3n) is 14.9. The highest BCUT2D eigenvalue weighted by Gasteiger charge is 2.58. The van der Waals surface area contributed by atoms with Gasteiger partial charge in [-0.25, -0.2) is 9.59 Å². The van der Waals surface area contributed by atoms with Gasteiger partial charge in [0.05, 0.1) is 24.7 Å². The number of alkyl carbamates (subject to hydrolysis) is 1. The van der Waals surface area contributed by atoms with Gasteiger partial charge in [0.15, 0.2) is 5.72 Å². The van der Waals surface area contributed by atoms with Crippen molar-refractivity contribution in [2.75, 3.05) is 26.2 Å². The molecule has 0 aromatic heterocycles. The molecule has 18 heteroatoms. The minimum atomic E-state index is -2.53. The number of nitrogens with one attached hydrogen (secondary N) is 3. The zero-order chi connectivity index (χ0) is 56.8. The summed E-state index contributed by atoms with van der Waals surface area (Å²) in [5, 5.41) is 54.5. The summed E-state index contributed by atoms with van der Waals surface area (Å²) in [5.41, 5.74) is 10.6. The number of benzene rings is 2. The van der Waals surface area contributed by atoms with Crippen LogP contribution in [0.4, 0.5) is 9.59 Å². The van der Waals surface area contributed by atoms with E-state index in [0.717, 1.165) is 69.8 Å². The van der Waals surface area contributed by atoms with Gasteiger partial charge in [-0.1, -0.05) is 197 Å². The predicted molar refractivity (Wildman–Crippen MR) is 303 cm³/mol. The molecule has 442 valence electrons. The lowest BCUT2D eigenvalue weighted by atomic mass is 9.81. The largest absolute Gasteiger partial charge is 0.481 e. The van der Waals surface area contributed by atoms with Crippen molar-refractivity contribution >= 4 is 30.0 Å². The van der Waals surface area contributed by atoms with Gasteiger partial charge >= 0.3 is 18.2 Å². The number of aliphatic hydroxyl groups excluding tert-OH is 3. The highest BCUT2D eigenvalue weighted by molar-refractivity contribution is 5.87. The molecule has 1 aliphatic heterocycles. The fourth-order valence-corrected chi connectivity index (χ4v) is 10.2. The lowest BCUT2D eigenvalue weighted by Gasteiger charge is -2.51. The highest BCUT2D eigenvalue weighted by Crippen LogP contribution is 2.35. The Morgan fingerprint density at radius 2 is 1.10 bits per heavy atom. The molecule has 78 heavy (non-hydrogen) atoms. The number of carboxylic acid groups (broad SMARTS) is 1. The third kappa shape index (κ3) is 25.1. The Hall–Kier alpha value is -4.85. The third-order valence-corrected chi connectivity index (χ3v) is 14.9. The normalized spacial score (nSPS) is 19.3. The maximum absolute atomic E-state index is 15.0. The molecule has 3 rings (SSSR count). The van der Waals surface area contributed by atoms with E-state index in [0.29, 0.717) is 63.6 Å². The topological polar surface area (TPSA) is 285 Å². The molecule has 1 aliphatic rings. The van der Waals surface area contributed by atoms with Crippen molar-refractivity contribution in [3.63, 3.8) is 0 Å². The molecule has 2 aromatic rings. The van der Waals surface area contributed by atoms with Crippen LogP contribution in [0.1, 0.15) is 198 Å². The number of aliphatic hydroxyl groups is 3. The summed E-state index contributed by atoms with van der Waals surface area (Å²) < 4.78 is 17.8. The number of aliphatic carboxylic acids is 1. The zero-order valence-electron chi connectivity index (χ0n) is 47.3. The molecule has 1 fully saturated rings. The van der Waals surface area contributed by atoms with Crippen molar-refractivity contribution in [2.45, 2.75) is 243 Å². The molecule has 0 radical (unpaired) electrons. The Morgan fingerprint density at radius 1 is 0.628 bits per heavy atom. The van der Waals surface area contributed by atoms with Crippen LogP contribution in [0.5, 0.6) is 0 Å². The van der Waals surface area contributed by atoms with Crippen molar-refractivity contribution < 1.29 is 58.6 Å². The smallest absolute Gasteiger partial charge is 0.410 e. The first kappa shape index (κ1) is 67.4. The van der Waals surface area contributed by atoms with E-state index in [1.54, 1.807) is 24.3 Å². The Labute approximate surface area is 465 Å². The molecule has 1 unspecified atom stereocenters. The fraction of sp³-hybridized carbons (Fsp3) is 0.717. The van der Waals surface area contributed by atoms with Crippen LogP contribution in [0.25, 0.3) is 0 Å². The maximum Gasteiger partial charge on any atom is 0.410 e. The molecular weight excluding hydrogens is 997 g/mol. The minimum absolute atomic E-state index is 0.0192. The van der Waals surface area contributed by atoms with E-state index in [4.69, 9.17) is 25.7 Å². The Bertz CT molecular complexity index is 1940. The number of carbonyl (C=O) groups is 5. The van der Waals surface area contributed by atoms with Gasteiger partial charge < -0.3 is 62.1 Å². The highest BCUT2D eigenvalue weighted by atomic mass is 16.6. The number of hydrogen-bond donors (Lipinski definition) is 9. The number of hydrogen-bond acceptors (Lipinski definition) is 13. The molecule has 11 N–H and O–H groups in total. The van der Waals surface area contributed by atoms with Gasteiger partial charge in [-0.05, 0) is 75.6 Å². The molecule has 0 spiro atoms. The predicted octanol–water partition coefficient (Wildman–Crippen LogP) is 8.89. The minimum Gasteiger partial charge on any atom is -0.481 e. The Morgan fingerprint density at radius 3 is 1.60 bits per heavy atom. The van der Waals surface area contributed by atoms with Crippen molar-refractivity contribution in [2.24, 2.45) is 17.4 Å². The average Bonchev–Trinajstić information content (AvgIpc) is 3.47. The van der Waals surface area contributed by atoms with Gasteiger partial charge in [0.25, 0.3) is 0 Å². The van der Waals surface area contributed by atoms with Crippen LogP contribution in [-0.2, 0) is 41.8 Å². The van der Waals surface area contributed by atoms with Crippen LogP contribution in [-0.4, -0.2) is 124 Å². The lowest BCUT2D eigenvalue weighted by molar-refractivity contribution is -0.272. The molecule has 0 bridgehead atoms. The first-order valence-electron chi connectivity index (χ1n) is 29.7. The van der Waals surface area contributed by atoms with E-state index in [1.165, 1.54) is 49.8 Å². The second kappa shape index (κ2) is 40.3. The van der Waals surface area contributed by atoms with E-state index >= 15 is 4.79 Å². The number of carboxylic acids is 1. The number of nitrogens with zero attached hydrogens (tertiary/aromatic N) is 1. The van der Waals surface area contributed by atoms with Gasteiger partial charge in [-0.15, -0.1) is 0 Å². The van der Waals surface area contributed by atoms with Crippen LogP contribution in [0.2, 0.25) is 0 Å².